The van der Waals surface area contributed by atoms with Crippen LogP contribution in [0.5, 0.6) is 5.75 Å². The van der Waals surface area contributed by atoms with Crippen LogP contribution in [0.15, 0.2) is 42.5 Å². The molecule has 0 radical (unpaired) electrons. The molecule has 38 heavy (non-hydrogen) atoms. The van der Waals surface area contributed by atoms with Gasteiger partial charge in [-0.15, -0.1) is 12.3 Å². The highest BCUT2D eigenvalue weighted by Gasteiger charge is 2.64. The summed E-state index contributed by atoms with van der Waals surface area (Å²) in [6, 6.07) is 15.0. The Hall–Kier alpha value is -3.19. The maximum absolute atomic E-state index is 13.2. The van der Waals surface area contributed by atoms with Gasteiger partial charge in [0, 0.05) is 66.8 Å². The molecule has 4 rings (SSSR count). The molecule has 2 aliphatic rings. The largest absolute Gasteiger partial charge is 0.489 e. The Bertz CT molecular complexity index is 1220. The minimum absolute atomic E-state index is 0.0800. The molecule has 1 amide bonds. The summed E-state index contributed by atoms with van der Waals surface area (Å²) in [5, 5.41) is 12.8. The second kappa shape index (κ2) is 11.3. The van der Waals surface area contributed by atoms with E-state index in [1.54, 1.807) is 18.2 Å². The van der Waals surface area contributed by atoms with Gasteiger partial charge in [-0.05, 0) is 49.4 Å². The Morgan fingerprint density at radius 1 is 1.11 bits per heavy atom. The molecule has 6 nitrogen and oxygen atoms in total. The van der Waals surface area contributed by atoms with E-state index in [1.807, 2.05) is 24.3 Å². The van der Waals surface area contributed by atoms with Crippen molar-refractivity contribution >= 4 is 23.2 Å². The second-order valence-corrected chi connectivity index (χ2v) is 11.9. The molecule has 0 atom stereocenters. The number of benzene rings is 2. The highest BCUT2D eigenvalue weighted by Crippen LogP contribution is 2.55. The van der Waals surface area contributed by atoms with Gasteiger partial charge in [0.1, 0.15) is 17.9 Å². The zero-order valence-corrected chi connectivity index (χ0v) is 23.5. The van der Waals surface area contributed by atoms with Gasteiger partial charge in [0.2, 0.25) is 0 Å². The number of carbonyl (C=O) groups is 1. The molecule has 2 aromatic rings. The molecular weight excluding hydrogens is 496 g/mol. The molecule has 7 heteroatoms. The molecule has 1 saturated heterocycles. The van der Waals surface area contributed by atoms with Crippen molar-refractivity contribution in [3.05, 3.63) is 58.6 Å². The van der Waals surface area contributed by atoms with Gasteiger partial charge in [0.05, 0.1) is 10.6 Å². The van der Waals surface area contributed by atoms with Crippen LogP contribution in [0.4, 0.5) is 5.69 Å². The fraction of sp³-hybridized carbons (Fsp3) is 0.484. The number of nitriles is 1. The summed E-state index contributed by atoms with van der Waals surface area (Å²) < 4.78 is 6.33. The SMILES string of the molecule is C#CCCCN1CCN(c2ccc(C(=O)NC3C(C)(C)C(Oc4ccc(C#N)c(Cl)c4)C3(C)C)cc2)CC1. The van der Waals surface area contributed by atoms with E-state index in [0.29, 0.717) is 21.9 Å². The molecule has 1 N–H and O–H groups in total. The minimum atomic E-state index is -0.306. The number of rotatable bonds is 8. The number of carbonyl (C=O) groups excluding carboxylic acids is 1. The third-order valence-electron chi connectivity index (χ3n) is 8.09. The summed E-state index contributed by atoms with van der Waals surface area (Å²) in [6.45, 7) is 13.5. The van der Waals surface area contributed by atoms with Crippen LogP contribution in [0.3, 0.4) is 0 Å². The minimum Gasteiger partial charge on any atom is -0.489 e. The number of hydrogen-bond acceptors (Lipinski definition) is 5. The molecule has 0 aromatic heterocycles. The van der Waals surface area contributed by atoms with Crippen LogP contribution in [0.25, 0.3) is 0 Å². The number of ether oxygens (including phenoxy) is 1. The lowest BCUT2D eigenvalue weighted by molar-refractivity contribution is -0.164. The predicted octanol–water partition coefficient (Wildman–Crippen LogP) is 5.36. The second-order valence-electron chi connectivity index (χ2n) is 11.5. The van der Waals surface area contributed by atoms with Crippen LogP contribution in [0.2, 0.25) is 5.02 Å². The summed E-state index contributed by atoms with van der Waals surface area (Å²) in [5.41, 5.74) is 1.60. The van der Waals surface area contributed by atoms with Crippen molar-refractivity contribution in [1.29, 1.82) is 5.26 Å². The monoisotopic (exact) mass is 532 g/mol. The molecule has 1 heterocycles. The summed E-state index contributed by atoms with van der Waals surface area (Å²) >= 11 is 6.20. The van der Waals surface area contributed by atoms with Crippen LogP contribution in [0.1, 0.15) is 56.5 Å². The normalized spacial score (nSPS) is 22.0. The molecule has 1 aliphatic heterocycles. The standard InChI is InChI=1S/C31H37ClN4O2/c1-6-7-8-15-35-16-18-36(19-17-35)24-12-9-22(10-13-24)27(37)34-28-30(2,3)29(31(28,4)5)38-25-14-11-23(21-33)26(32)20-25/h1,9-14,20,28-29H,7-8,15-19H2,2-5H3,(H,34,37). The molecule has 200 valence electrons. The van der Waals surface area contributed by atoms with Gasteiger partial charge >= 0.3 is 0 Å². The summed E-state index contributed by atoms with van der Waals surface area (Å²) in [4.78, 5) is 18.1. The number of anilines is 1. The van der Waals surface area contributed by atoms with E-state index < -0.39 is 0 Å². The first-order valence-corrected chi connectivity index (χ1v) is 13.6. The zero-order valence-electron chi connectivity index (χ0n) is 22.8. The van der Waals surface area contributed by atoms with Crippen LogP contribution < -0.4 is 15.0 Å². The van der Waals surface area contributed by atoms with Gasteiger partial charge in [-0.3, -0.25) is 9.69 Å². The van der Waals surface area contributed by atoms with Gasteiger partial charge < -0.3 is 15.0 Å². The maximum atomic E-state index is 13.2. The quantitative estimate of drug-likeness (QED) is 0.366. The molecule has 0 unspecified atom stereocenters. The molecule has 0 spiro atoms. The zero-order chi connectivity index (χ0) is 27.5. The lowest BCUT2D eigenvalue weighted by atomic mass is 9.49. The molecule has 2 aromatic carbocycles. The van der Waals surface area contributed by atoms with E-state index in [-0.39, 0.29) is 28.9 Å². The highest BCUT2D eigenvalue weighted by atomic mass is 35.5. The topological polar surface area (TPSA) is 68.6 Å². The van der Waals surface area contributed by atoms with Gasteiger partial charge in [-0.1, -0.05) is 39.3 Å². The van der Waals surface area contributed by atoms with E-state index in [9.17, 15) is 4.79 Å². The molecular formula is C31H37ClN4O2. The number of terminal acetylenes is 1. The fourth-order valence-electron chi connectivity index (χ4n) is 6.27. The van der Waals surface area contributed by atoms with E-state index in [1.165, 1.54) is 0 Å². The maximum Gasteiger partial charge on any atom is 0.251 e. The lowest BCUT2D eigenvalue weighted by Gasteiger charge is -2.63. The van der Waals surface area contributed by atoms with Crippen LogP contribution >= 0.6 is 11.6 Å². The highest BCUT2D eigenvalue weighted by molar-refractivity contribution is 6.31. The molecule has 1 aliphatic carbocycles. The van der Waals surface area contributed by atoms with Gasteiger partial charge in [0.15, 0.2) is 0 Å². The smallest absolute Gasteiger partial charge is 0.251 e. The third-order valence-corrected chi connectivity index (χ3v) is 8.41. The van der Waals surface area contributed by atoms with Crippen LogP contribution in [0, 0.1) is 34.5 Å². The van der Waals surface area contributed by atoms with E-state index in [2.05, 4.69) is 54.8 Å². The summed E-state index contributed by atoms with van der Waals surface area (Å²) in [7, 11) is 0. The van der Waals surface area contributed by atoms with Gasteiger partial charge in [-0.2, -0.15) is 5.26 Å². The Morgan fingerprint density at radius 2 is 1.76 bits per heavy atom. The predicted molar refractivity (Wildman–Crippen MR) is 153 cm³/mol. The van der Waals surface area contributed by atoms with Crippen molar-refractivity contribution in [1.82, 2.24) is 10.2 Å². The number of hydrogen-bond donors (Lipinski definition) is 1. The van der Waals surface area contributed by atoms with Crippen molar-refractivity contribution in [3.8, 4) is 24.2 Å². The molecule has 2 fully saturated rings. The number of nitrogens with one attached hydrogen (secondary N) is 1. The Balaban J connectivity index is 1.34. The first-order chi connectivity index (χ1) is 18.1. The molecule has 0 bridgehead atoms. The first kappa shape index (κ1) is 27.8. The van der Waals surface area contributed by atoms with E-state index in [0.717, 1.165) is 51.3 Å². The fourth-order valence-corrected chi connectivity index (χ4v) is 6.48. The average Bonchev–Trinajstić information content (AvgIpc) is 2.90. The van der Waals surface area contributed by atoms with Crippen LogP contribution in [-0.2, 0) is 0 Å². The van der Waals surface area contributed by atoms with Crippen molar-refractivity contribution in [2.75, 3.05) is 37.6 Å². The average molecular weight is 533 g/mol. The Morgan fingerprint density at radius 3 is 2.34 bits per heavy atom. The summed E-state index contributed by atoms with van der Waals surface area (Å²) in [6.07, 6.45) is 7.10. The Labute approximate surface area is 231 Å². The number of nitrogens with zero attached hydrogens (tertiary/aromatic N) is 3. The van der Waals surface area contributed by atoms with Crippen LogP contribution in [-0.4, -0.2) is 55.7 Å². The van der Waals surface area contributed by atoms with Gasteiger partial charge in [-0.25, -0.2) is 0 Å². The van der Waals surface area contributed by atoms with Gasteiger partial charge in [0.25, 0.3) is 5.91 Å². The lowest BCUT2D eigenvalue weighted by Crippen LogP contribution is -2.74. The number of amides is 1. The van der Waals surface area contributed by atoms with Crippen molar-refractivity contribution in [2.45, 2.75) is 52.7 Å². The number of halogens is 1. The van der Waals surface area contributed by atoms with E-state index >= 15 is 0 Å². The van der Waals surface area contributed by atoms with Crippen molar-refractivity contribution in [3.63, 3.8) is 0 Å². The van der Waals surface area contributed by atoms with Crippen molar-refractivity contribution in [2.24, 2.45) is 10.8 Å². The summed E-state index contributed by atoms with van der Waals surface area (Å²) in [5.74, 6) is 3.25. The van der Waals surface area contributed by atoms with E-state index in [4.69, 9.17) is 28.0 Å². The number of unbranched alkanes of at least 4 members (excludes halogenated alkanes) is 1. The van der Waals surface area contributed by atoms with Crippen molar-refractivity contribution < 1.29 is 9.53 Å². The third kappa shape index (κ3) is 5.63. The molecule has 1 saturated carbocycles. The Kier molecular flexibility index (Phi) is 8.26. The number of piperazine rings is 1. The first-order valence-electron chi connectivity index (χ1n) is 13.3.